The summed E-state index contributed by atoms with van der Waals surface area (Å²) in [6.45, 7) is 5.58. The number of hydrogen-bond donors (Lipinski definition) is 1. The molecule has 0 radical (unpaired) electrons. The summed E-state index contributed by atoms with van der Waals surface area (Å²) in [4.78, 5) is 2.72. The van der Waals surface area contributed by atoms with Crippen molar-refractivity contribution in [2.45, 2.75) is 44.7 Å². The van der Waals surface area contributed by atoms with Gasteiger partial charge >= 0.3 is 0 Å². The van der Waals surface area contributed by atoms with Gasteiger partial charge in [0.15, 0.2) is 0 Å². The highest BCUT2D eigenvalue weighted by molar-refractivity contribution is 5.36. The van der Waals surface area contributed by atoms with E-state index >= 15 is 0 Å². The third-order valence-corrected chi connectivity index (χ3v) is 4.63. The van der Waals surface area contributed by atoms with Crippen molar-refractivity contribution >= 4 is 0 Å². The summed E-state index contributed by atoms with van der Waals surface area (Å²) in [7, 11) is 1.77. The monoisotopic (exact) mass is 288 g/mol. The molecule has 21 heavy (non-hydrogen) atoms. The van der Waals surface area contributed by atoms with E-state index in [1.807, 2.05) is 6.07 Å². The summed E-state index contributed by atoms with van der Waals surface area (Å²) in [5.74, 6) is 1.97. The molecule has 1 unspecified atom stereocenters. The van der Waals surface area contributed by atoms with E-state index < -0.39 is 0 Å². The Bertz CT molecular complexity index is 454. The highest BCUT2D eigenvalue weighted by Gasteiger charge is 2.35. The quantitative estimate of drug-likeness (QED) is 0.755. The molecule has 3 rings (SSSR count). The molecule has 0 spiro atoms. The lowest BCUT2D eigenvalue weighted by Crippen LogP contribution is -2.38. The van der Waals surface area contributed by atoms with Gasteiger partial charge in [-0.1, -0.05) is 25.1 Å². The molecule has 1 N–H and O–H groups in total. The Morgan fingerprint density at radius 3 is 2.62 bits per heavy atom. The Kier molecular flexibility index (Phi) is 4.81. The third kappa shape index (κ3) is 3.98. The summed E-state index contributed by atoms with van der Waals surface area (Å²) in [5, 5.41) is 3.66. The van der Waals surface area contributed by atoms with Gasteiger partial charge in [-0.2, -0.15) is 0 Å². The highest BCUT2D eigenvalue weighted by atomic mass is 16.5. The number of methoxy groups -OCH3 is 1. The van der Waals surface area contributed by atoms with Crippen molar-refractivity contribution in [3.05, 3.63) is 29.8 Å². The van der Waals surface area contributed by atoms with Crippen LogP contribution in [0.15, 0.2) is 24.3 Å². The van der Waals surface area contributed by atoms with Crippen LogP contribution in [0.5, 0.6) is 5.75 Å². The molecule has 2 fully saturated rings. The van der Waals surface area contributed by atoms with E-state index in [0.717, 1.165) is 30.8 Å². The van der Waals surface area contributed by atoms with Crippen molar-refractivity contribution in [3.8, 4) is 5.75 Å². The second kappa shape index (κ2) is 6.80. The Morgan fingerprint density at radius 1 is 1.24 bits per heavy atom. The number of nitrogens with one attached hydrogen (secondary N) is 1. The first kappa shape index (κ1) is 14.9. The predicted octanol–water partition coefficient (Wildman–Crippen LogP) is 3.22. The smallest absolute Gasteiger partial charge is 0.123 e. The van der Waals surface area contributed by atoms with Crippen LogP contribution < -0.4 is 10.1 Å². The van der Waals surface area contributed by atoms with Crippen LogP contribution >= 0.6 is 0 Å². The van der Waals surface area contributed by atoms with Crippen LogP contribution in [0.3, 0.4) is 0 Å². The van der Waals surface area contributed by atoms with Crippen molar-refractivity contribution < 1.29 is 4.74 Å². The molecule has 2 aliphatic rings. The molecule has 0 heterocycles. The van der Waals surface area contributed by atoms with Crippen LogP contribution in [-0.4, -0.2) is 37.7 Å². The summed E-state index contributed by atoms with van der Waals surface area (Å²) < 4.78 is 5.57. The van der Waals surface area contributed by atoms with Gasteiger partial charge in [-0.3, -0.25) is 4.90 Å². The predicted molar refractivity (Wildman–Crippen MR) is 86.7 cm³/mol. The maximum atomic E-state index is 5.57. The summed E-state index contributed by atoms with van der Waals surface area (Å²) in [5.41, 5.74) is 1.29. The summed E-state index contributed by atoms with van der Waals surface area (Å²) in [6.07, 6.45) is 5.64. The number of nitrogens with zero attached hydrogens (tertiary/aromatic N) is 1. The van der Waals surface area contributed by atoms with Gasteiger partial charge in [0.1, 0.15) is 5.75 Å². The third-order valence-electron chi connectivity index (χ3n) is 4.63. The Morgan fingerprint density at radius 2 is 2.00 bits per heavy atom. The van der Waals surface area contributed by atoms with Gasteiger partial charge < -0.3 is 10.1 Å². The molecule has 2 aliphatic carbocycles. The van der Waals surface area contributed by atoms with Crippen LogP contribution in [0.1, 0.15) is 44.2 Å². The van der Waals surface area contributed by atoms with E-state index in [1.165, 1.54) is 37.8 Å². The van der Waals surface area contributed by atoms with Gasteiger partial charge in [0, 0.05) is 30.7 Å². The number of ether oxygens (including phenoxy) is 1. The molecule has 116 valence electrons. The zero-order valence-corrected chi connectivity index (χ0v) is 13.3. The standard InChI is InChI=1S/C18H28N2O/c1-3-19-17(16-6-4-5-7-18(16)21-2)13-20(15-10-11-15)12-14-8-9-14/h4-7,14-15,17,19H,3,8-13H2,1-2H3. The average Bonchev–Trinajstić information content (AvgIpc) is 3.38. The maximum Gasteiger partial charge on any atom is 0.123 e. The van der Waals surface area contributed by atoms with Crippen molar-refractivity contribution in [2.75, 3.05) is 26.7 Å². The van der Waals surface area contributed by atoms with Crippen LogP contribution in [0.2, 0.25) is 0 Å². The molecule has 3 heteroatoms. The molecule has 1 atom stereocenters. The number of rotatable bonds is 9. The first-order chi connectivity index (χ1) is 10.3. The number of likely N-dealkylation sites (N-methyl/N-ethyl adjacent to an activating group) is 1. The van der Waals surface area contributed by atoms with Crippen LogP contribution in [0.25, 0.3) is 0 Å². The minimum absolute atomic E-state index is 0.366. The molecular weight excluding hydrogens is 260 g/mol. The molecule has 0 amide bonds. The minimum atomic E-state index is 0.366. The SMILES string of the molecule is CCNC(CN(CC1CC1)C1CC1)c1ccccc1OC. The van der Waals surface area contributed by atoms with E-state index in [9.17, 15) is 0 Å². The Hall–Kier alpha value is -1.06. The van der Waals surface area contributed by atoms with Gasteiger partial charge in [0.25, 0.3) is 0 Å². The van der Waals surface area contributed by atoms with E-state index in [-0.39, 0.29) is 0 Å². The lowest BCUT2D eigenvalue weighted by molar-refractivity contribution is 0.223. The zero-order valence-electron chi connectivity index (χ0n) is 13.3. The largest absolute Gasteiger partial charge is 0.496 e. The first-order valence-corrected chi connectivity index (χ1v) is 8.42. The zero-order chi connectivity index (χ0) is 14.7. The van der Waals surface area contributed by atoms with E-state index in [2.05, 4.69) is 35.3 Å². The maximum absolute atomic E-state index is 5.57. The lowest BCUT2D eigenvalue weighted by Gasteiger charge is -2.29. The fraction of sp³-hybridized carbons (Fsp3) is 0.667. The molecule has 3 nitrogen and oxygen atoms in total. The van der Waals surface area contributed by atoms with Crippen LogP contribution in [0.4, 0.5) is 0 Å². The van der Waals surface area contributed by atoms with Crippen LogP contribution in [0, 0.1) is 5.92 Å². The minimum Gasteiger partial charge on any atom is -0.496 e. The summed E-state index contributed by atoms with van der Waals surface area (Å²) >= 11 is 0. The van der Waals surface area contributed by atoms with Gasteiger partial charge in [0.2, 0.25) is 0 Å². The van der Waals surface area contributed by atoms with Crippen molar-refractivity contribution in [1.82, 2.24) is 10.2 Å². The van der Waals surface area contributed by atoms with Gasteiger partial charge in [0.05, 0.1) is 7.11 Å². The molecular formula is C18H28N2O. The fourth-order valence-corrected chi connectivity index (χ4v) is 3.15. The molecule has 0 aliphatic heterocycles. The van der Waals surface area contributed by atoms with Gasteiger partial charge in [-0.15, -0.1) is 0 Å². The number of para-hydroxylation sites is 1. The van der Waals surface area contributed by atoms with Crippen molar-refractivity contribution in [2.24, 2.45) is 5.92 Å². The molecule has 0 bridgehead atoms. The number of hydrogen-bond acceptors (Lipinski definition) is 3. The first-order valence-electron chi connectivity index (χ1n) is 8.42. The van der Waals surface area contributed by atoms with Gasteiger partial charge in [-0.05, 0) is 44.2 Å². The normalized spacial score (nSPS) is 19.8. The molecule has 1 aromatic carbocycles. The number of benzene rings is 1. The molecule has 1 aromatic rings. The highest BCUT2D eigenvalue weighted by Crippen LogP contribution is 2.36. The molecule has 0 saturated heterocycles. The van der Waals surface area contributed by atoms with Crippen LogP contribution in [-0.2, 0) is 0 Å². The average molecular weight is 288 g/mol. The Balaban J connectivity index is 1.72. The van der Waals surface area contributed by atoms with E-state index in [1.54, 1.807) is 7.11 Å². The second-order valence-corrected chi connectivity index (χ2v) is 6.48. The van der Waals surface area contributed by atoms with Crippen molar-refractivity contribution in [3.63, 3.8) is 0 Å². The van der Waals surface area contributed by atoms with E-state index in [4.69, 9.17) is 4.74 Å². The van der Waals surface area contributed by atoms with Gasteiger partial charge in [-0.25, -0.2) is 0 Å². The Labute approximate surface area is 128 Å². The lowest BCUT2D eigenvalue weighted by atomic mass is 10.0. The molecule has 0 aromatic heterocycles. The van der Waals surface area contributed by atoms with E-state index in [0.29, 0.717) is 6.04 Å². The second-order valence-electron chi connectivity index (χ2n) is 6.48. The summed E-state index contributed by atoms with van der Waals surface area (Å²) in [6, 6.07) is 9.64. The fourth-order valence-electron chi connectivity index (χ4n) is 3.15. The molecule has 2 saturated carbocycles. The topological polar surface area (TPSA) is 24.5 Å². The van der Waals surface area contributed by atoms with Crippen molar-refractivity contribution in [1.29, 1.82) is 0 Å².